The highest BCUT2D eigenvalue weighted by molar-refractivity contribution is 5.89. The first-order valence-corrected chi connectivity index (χ1v) is 4.98. The van der Waals surface area contributed by atoms with Gasteiger partial charge in [0.1, 0.15) is 0 Å². The third kappa shape index (κ3) is 1.50. The minimum absolute atomic E-state index is 0.0761. The number of nitrogens with two attached hydrogens (primary N) is 1. The van der Waals surface area contributed by atoms with Gasteiger partial charge in [-0.05, 0) is 12.8 Å². The lowest BCUT2D eigenvalue weighted by Crippen LogP contribution is -2.41. The van der Waals surface area contributed by atoms with Crippen LogP contribution in [0.3, 0.4) is 0 Å². The van der Waals surface area contributed by atoms with Crippen molar-refractivity contribution in [2.45, 2.75) is 24.7 Å². The lowest BCUT2D eigenvalue weighted by atomic mass is 9.69. The van der Waals surface area contributed by atoms with E-state index in [0.29, 0.717) is 12.4 Å². The zero-order valence-electron chi connectivity index (χ0n) is 8.62. The summed E-state index contributed by atoms with van der Waals surface area (Å²) >= 11 is 0. The van der Waals surface area contributed by atoms with Crippen LogP contribution in [0.15, 0.2) is 4.52 Å². The van der Waals surface area contributed by atoms with Crippen LogP contribution in [0.25, 0.3) is 0 Å². The summed E-state index contributed by atoms with van der Waals surface area (Å²) in [6, 6.07) is 0. The largest absolute Gasteiger partial charge is 0.352 e. The molecule has 2 rings (SSSR count). The predicted octanol–water partition coefficient (Wildman–Crippen LogP) is -0.190. The van der Waals surface area contributed by atoms with Gasteiger partial charge < -0.3 is 15.6 Å². The molecule has 1 aliphatic carbocycles. The normalized spacial score (nSPS) is 18.3. The maximum Gasteiger partial charge on any atom is 0.292 e. The van der Waals surface area contributed by atoms with Crippen molar-refractivity contribution in [3.05, 3.63) is 11.7 Å². The molecule has 1 saturated carbocycles. The second-order valence-corrected chi connectivity index (χ2v) is 3.84. The summed E-state index contributed by atoms with van der Waals surface area (Å²) < 4.78 is 5.08. The van der Waals surface area contributed by atoms with Crippen LogP contribution < -0.4 is 11.1 Å². The monoisotopic (exact) mass is 210 g/mol. The molecule has 1 aromatic rings. The van der Waals surface area contributed by atoms with Crippen LogP contribution in [0.1, 0.15) is 35.8 Å². The molecular formula is C9H14N4O2. The zero-order chi connectivity index (χ0) is 10.9. The summed E-state index contributed by atoms with van der Waals surface area (Å²) in [5, 5.41) is 6.07. The first kappa shape index (κ1) is 10.1. The van der Waals surface area contributed by atoms with Crippen molar-refractivity contribution in [3.8, 4) is 0 Å². The van der Waals surface area contributed by atoms with Gasteiger partial charge in [-0.15, -0.1) is 0 Å². The average molecular weight is 210 g/mol. The molecule has 1 fully saturated rings. The van der Waals surface area contributed by atoms with Gasteiger partial charge in [0.15, 0.2) is 0 Å². The molecule has 1 amide bonds. The molecule has 1 heterocycles. The maximum atomic E-state index is 11.2. The minimum Gasteiger partial charge on any atom is -0.352 e. The average Bonchev–Trinajstić information content (AvgIpc) is 2.65. The molecule has 0 aromatic carbocycles. The van der Waals surface area contributed by atoms with Crippen molar-refractivity contribution < 1.29 is 9.32 Å². The van der Waals surface area contributed by atoms with Crippen LogP contribution in [0.2, 0.25) is 0 Å². The van der Waals surface area contributed by atoms with Gasteiger partial charge in [0.25, 0.3) is 11.7 Å². The van der Waals surface area contributed by atoms with Crippen LogP contribution >= 0.6 is 0 Å². The second-order valence-electron chi connectivity index (χ2n) is 3.84. The van der Waals surface area contributed by atoms with Crippen molar-refractivity contribution >= 4 is 5.91 Å². The Morgan fingerprint density at radius 3 is 2.87 bits per heavy atom. The molecular weight excluding hydrogens is 196 g/mol. The SMILES string of the molecule is CNC(=O)c1noc(C2(CN)CCC2)n1. The van der Waals surface area contributed by atoms with E-state index in [4.69, 9.17) is 10.3 Å². The molecule has 0 spiro atoms. The van der Waals surface area contributed by atoms with Gasteiger partial charge in [-0.3, -0.25) is 4.79 Å². The highest BCUT2D eigenvalue weighted by atomic mass is 16.5. The molecule has 0 aliphatic heterocycles. The van der Waals surface area contributed by atoms with Crippen molar-refractivity contribution in [2.24, 2.45) is 5.73 Å². The van der Waals surface area contributed by atoms with Crippen molar-refractivity contribution in [1.82, 2.24) is 15.5 Å². The van der Waals surface area contributed by atoms with Crippen LogP contribution in [0, 0.1) is 0 Å². The van der Waals surface area contributed by atoms with Crippen LogP contribution in [-0.2, 0) is 5.41 Å². The predicted molar refractivity (Wildman–Crippen MR) is 52.3 cm³/mol. The number of nitrogens with one attached hydrogen (secondary N) is 1. The molecule has 6 nitrogen and oxygen atoms in total. The van der Waals surface area contributed by atoms with E-state index < -0.39 is 0 Å². The Hall–Kier alpha value is -1.43. The van der Waals surface area contributed by atoms with Gasteiger partial charge in [0.05, 0.1) is 5.41 Å². The third-order valence-electron chi connectivity index (χ3n) is 3.01. The molecule has 82 valence electrons. The van der Waals surface area contributed by atoms with Crippen molar-refractivity contribution in [1.29, 1.82) is 0 Å². The summed E-state index contributed by atoms with van der Waals surface area (Å²) in [7, 11) is 1.53. The van der Waals surface area contributed by atoms with Crippen LogP contribution in [0.5, 0.6) is 0 Å². The Morgan fingerprint density at radius 2 is 2.40 bits per heavy atom. The van der Waals surface area contributed by atoms with Gasteiger partial charge >= 0.3 is 0 Å². The van der Waals surface area contributed by atoms with Gasteiger partial charge in [-0.1, -0.05) is 11.6 Å². The number of rotatable bonds is 3. The number of carbonyl (C=O) groups is 1. The van der Waals surface area contributed by atoms with Crippen LogP contribution in [0.4, 0.5) is 0 Å². The first-order valence-electron chi connectivity index (χ1n) is 4.98. The fraction of sp³-hybridized carbons (Fsp3) is 0.667. The number of hydrogen-bond donors (Lipinski definition) is 2. The van der Waals surface area contributed by atoms with E-state index in [-0.39, 0.29) is 17.1 Å². The van der Waals surface area contributed by atoms with Crippen LogP contribution in [-0.4, -0.2) is 29.6 Å². The number of amides is 1. The molecule has 0 bridgehead atoms. The van der Waals surface area contributed by atoms with Gasteiger partial charge in [-0.2, -0.15) is 4.98 Å². The third-order valence-corrected chi connectivity index (χ3v) is 3.01. The molecule has 0 radical (unpaired) electrons. The quantitative estimate of drug-likeness (QED) is 0.721. The molecule has 3 N–H and O–H groups in total. The smallest absolute Gasteiger partial charge is 0.292 e. The highest BCUT2D eigenvalue weighted by Gasteiger charge is 2.42. The van der Waals surface area contributed by atoms with E-state index in [2.05, 4.69) is 15.5 Å². The molecule has 6 heteroatoms. The Labute approximate surface area is 87.2 Å². The fourth-order valence-electron chi connectivity index (χ4n) is 1.75. The van der Waals surface area contributed by atoms with E-state index >= 15 is 0 Å². The summed E-state index contributed by atoms with van der Waals surface area (Å²) in [6.07, 6.45) is 3.03. The molecule has 0 atom stereocenters. The van der Waals surface area contributed by atoms with E-state index in [9.17, 15) is 4.79 Å². The Morgan fingerprint density at radius 1 is 1.67 bits per heavy atom. The highest BCUT2D eigenvalue weighted by Crippen LogP contribution is 2.41. The van der Waals surface area contributed by atoms with Gasteiger partial charge in [0.2, 0.25) is 5.89 Å². The van der Waals surface area contributed by atoms with E-state index in [0.717, 1.165) is 19.3 Å². The van der Waals surface area contributed by atoms with Crippen molar-refractivity contribution in [3.63, 3.8) is 0 Å². The number of carbonyl (C=O) groups excluding carboxylic acids is 1. The van der Waals surface area contributed by atoms with Gasteiger partial charge in [-0.25, -0.2) is 0 Å². The maximum absolute atomic E-state index is 11.2. The van der Waals surface area contributed by atoms with E-state index in [1.807, 2.05) is 0 Å². The molecule has 1 aromatic heterocycles. The lowest BCUT2D eigenvalue weighted by molar-refractivity contribution is 0.0949. The fourth-order valence-corrected chi connectivity index (χ4v) is 1.75. The number of aromatic nitrogens is 2. The minimum atomic E-state index is -0.337. The summed E-state index contributed by atoms with van der Waals surface area (Å²) in [4.78, 5) is 15.3. The molecule has 1 aliphatic rings. The van der Waals surface area contributed by atoms with Crippen molar-refractivity contribution in [2.75, 3.05) is 13.6 Å². The molecule has 0 saturated heterocycles. The molecule has 15 heavy (non-hydrogen) atoms. The van der Waals surface area contributed by atoms with E-state index in [1.165, 1.54) is 7.05 Å². The summed E-state index contributed by atoms with van der Waals surface area (Å²) in [6.45, 7) is 0.488. The zero-order valence-corrected chi connectivity index (χ0v) is 8.62. The summed E-state index contributed by atoms with van der Waals surface area (Å²) in [5.41, 5.74) is 5.51. The standard InChI is InChI=1S/C9H14N4O2/c1-11-7(14)6-12-8(15-13-6)9(5-10)3-2-4-9/h2-5,10H2,1H3,(H,11,14). The Bertz CT molecular complexity index is 364. The summed E-state index contributed by atoms with van der Waals surface area (Å²) in [5.74, 6) is 0.235. The molecule has 0 unspecified atom stereocenters. The Kier molecular flexibility index (Phi) is 2.44. The Balaban J connectivity index is 2.23. The second kappa shape index (κ2) is 3.62. The van der Waals surface area contributed by atoms with Gasteiger partial charge in [0, 0.05) is 13.6 Å². The number of hydrogen-bond acceptors (Lipinski definition) is 5. The topological polar surface area (TPSA) is 94.0 Å². The van der Waals surface area contributed by atoms with E-state index in [1.54, 1.807) is 0 Å². The first-order chi connectivity index (χ1) is 7.22. The lowest BCUT2D eigenvalue weighted by Gasteiger charge is -2.36. The number of nitrogens with zero attached hydrogens (tertiary/aromatic N) is 2.